The summed E-state index contributed by atoms with van der Waals surface area (Å²) in [7, 11) is 0. The van der Waals surface area contributed by atoms with E-state index in [1.54, 1.807) is 42.5 Å². The standard InChI is InChI=1S/C15H11BrO3/c1-9(17)10-3-2-4-11(7-10)13-6-5-12(16)8-14(13)15(18)19/h2-8H,1H3,(H,18,19). The average Bonchev–Trinajstić information content (AvgIpc) is 2.38. The minimum absolute atomic E-state index is 0.0455. The molecule has 0 aliphatic heterocycles. The Kier molecular flexibility index (Phi) is 3.81. The highest BCUT2D eigenvalue weighted by molar-refractivity contribution is 9.10. The Bertz CT molecular complexity index is 662. The van der Waals surface area contributed by atoms with Gasteiger partial charge in [0.25, 0.3) is 0 Å². The summed E-state index contributed by atoms with van der Waals surface area (Å²) >= 11 is 3.26. The lowest BCUT2D eigenvalue weighted by Crippen LogP contribution is -2.00. The predicted octanol–water partition coefficient (Wildman–Crippen LogP) is 4.02. The molecule has 0 saturated heterocycles. The molecule has 0 heterocycles. The first-order valence-electron chi connectivity index (χ1n) is 5.63. The second-order valence-electron chi connectivity index (χ2n) is 4.13. The SMILES string of the molecule is CC(=O)c1cccc(-c2ccc(Br)cc2C(=O)O)c1. The van der Waals surface area contributed by atoms with Crippen LogP contribution >= 0.6 is 15.9 Å². The lowest BCUT2D eigenvalue weighted by molar-refractivity contribution is 0.0697. The van der Waals surface area contributed by atoms with Crippen LogP contribution < -0.4 is 0 Å². The van der Waals surface area contributed by atoms with Crippen LogP contribution in [0.2, 0.25) is 0 Å². The number of hydrogen-bond acceptors (Lipinski definition) is 2. The Morgan fingerprint density at radius 1 is 1.11 bits per heavy atom. The first-order valence-corrected chi connectivity index (χ1v) is 6.42. The molecule has 96 valence electrons. The molecule has 19 heavy (non-hydrogen) atoms. The van der Waals surface area contributed by atoms with E-state index >= 15 is 0 Å². The van der Waals surface area contributed by atoms with Crippen LogP contribution in [0.3, 0.4) is 0 Å². The van der Waals surface area contributed by atoms with Crippen molar-refractivity contribution < 1.29 is 14.7 Å². The normalized spacial score (nSPS) is 10.2. The van der Waals surface area contributed by atoms with Gasteiger partial charge >= 0.3 is 5.97 Å². The summed E-state index contributed by atoms with van der Waals surface area (Å²) < 4.78 is 0.705. The molecule has 4 heteroatoms. The highest BCUT2D eigenvalue weighted by atomic mass is 79.9. The zero-order chi connectivity index (χ0) is 14.0. The second kappa shape index (κ2) is 5.36. The van der Waals surface area contributed by atoms with E-state index in [2.05, 4.69) is 15.9 Å². The molecular weight excluding hydrogens is 308 g/mol. The fraction of sp³-hybridized carbons (Fsp3) is 0.0667. The maximum atomic E-state index is 11.4. The second-order valence-corrected chi connectivity index (χ2v) is 5.05. The first kappa shape index (κ1) is 13.5. The zero-order valence-corrected chi connectivity index (χ0v) is 11.8. The van der Waals surface area contributed by atoms with E-state index in [0.717, 1.165) is 5.56 Å². The lowest BCUT2D eigenvalue weighted by atomic mass is 9.97. The fourth-order valence-electron chi connectivity index (χ4n) is 1.85. The molecule has 2 rings (SSSR count). The molecule has 0 aromatic heterocycles. The van der Waals surface area contributed by atoms with Crippen molar-refractivity contribution in [3.8, 4) is 11.1 Å². The Hall–Kier alpha value is -1.94. The molecule has 0 atom stereocenters. The van der Waals surface area contributed by atoms with E-state index in [0.29, 0.717) is 15.6 Å². The quantitative estimate of drug-likeness (QED) is 0.870. The Balaban J connectivity index is 2.61. The van der Waals surface area contributed by atoms with Gasteiger partial charge in [-0.1, -0.05) is 40.2 Å². The van der Waals surface area contributed by atoms with Crippen LogP contribution in [0.15, 0.2) is 46.9 Å². The van der Waals surface area contributed by atoms with Gasteiger partial charge in [0.05, 0.1) is 5.56 Å². The minimum Gasteiger partial charge on any atom is -0.478 e. The van der Waals surface area contributed by atoms with Gasteiger partial charge in [-0.15, -0.1) is 0 Å². The topological polar surface area (TPSA) is 54.4 Å². The van der Waals surface area contributed by atoms with Crippen molar-refractivity contribution in [2.24, 2.45) is 0 Å². The molecule has 0 aliphatic carbocycles. The highest BCUT2D eigenvalue weighted by Crippen LogP contribution is 2.27. The number of benzene rings is 2. The van der Waals surface area contributed by atoms with E-state index in [1.165, 1.54) is 6.92 Å². The predicted molar refractivity (Wildman–Crippen MR) is 76.5 cm³/mol. The monoisotopic (exact) mass is 318 g/mol. The lowest BCUT2D eigenvalue weighted by Gasteiger charge is -2.08. The van der Waals surface area contributed by atoms with Crippen LogP contribution in [0.5, 0.6) is 0 Å². The number of hydrogen-bond donors (Lipinski definition) is 1. The molecule has 2 aromatic carbocycles. The van der Waals surface area contributed by atoms with Crippen LogP contribution in [0.4, 0.5) is 0 Å². The zero-order valence-electron chi connectivity index (χ0n) is 10.2. The summed E-state index contributed by atoms with van der Waals surface area (Å²) in [6, 6.07) is 12.0. The van der Waals surface area contributed by atoms with Crippen LogP contribution in [-0.2, 0) is 0 Å². The van der Waals surface area contributed by atoms with Crippen molar-refractivity contribution in [3.05, 3.63) is 58.1 Å². The number of rotatable bonds is 3. The summed E-state index contributed by atoms with van der Waals surface area (Å²) in [5.41, 5.74) is 2.09. The Morgan fingerprint density at radius 2 is 1.84 bits per heavy atom. The van der Waals surface area contributed by atoms with Crippen molar-refractivity contribution in [1.29, 1.82) is 0 Å². The molecule has 0 bridgehead atoms. The number of carboxylic acids is 1. The summed E-state index contributed by atoms with van der Waals surface area (Å²) in [4.78, 5) is 22.7. The molecule has 0 fully saturated rings. The Morgan fingerprint density at radius 3 is 2.47 bits per heavy atom. The van der Waals surface area contributed by atoms with Crippen LogP contribution in [0.1, 0.15) is 27.6 Å². The third kappa shape index (κ3) is 2.90. The van der Waals surface area contributed by atoms with E-state index < -0.39 is 5.97 Å². The first-order chi connectivity index (χ1) is 8.99. The van der Waals surface area contributed by atoms with Crippen molar-refractivity contribution in [2.75, 3.05) is 0 Å². The fourth-order valence-corrected chi connectivity index (χ4v) is 2.21. The van der Waals surface area contributed by atoms with Gasteiger partial charge in [-0.05, 0) is 36.2 Å². The van der Waals surface area contributed by atoms with Gasteiger partial charge < -0.3 is 5.11 Å². The van der Waals surface area contributed by atoms with Crippen LogP contribution in [0, 0.1) is 0 Å². The average molecular weight is 319 g/mol. The van der Waals surface area contributed by atoms with Crippen LogP contribution in [-0.4, -0.2) is 16.9 Å². The molecule has 0 amide bonds. The molecule has 1 N–H and O–H groups in total. The molecular formula is C15H11BrO3. The number of Topliss-reactive ketones (excluding diaryl/α,β-unsaturated/α-hetero) is 1. The summed E-state index contributed by atoms with van der Waals surface area (Å²) in [6.07, 6.45) is 0. The molecule has 0 radical (unpaired) electrons. The van der Waals surface area contributed by atoms with Crippen molar-refractivity contribution in [3.63, 3.8) is 0 Å². The highest BCUT2D eigenvalue weighted by Gasteiger charge is 2.13. The van der Waals surface area contributed by atoms with E-state index in [-0.39, 0.29) is 11.3 Å². The summed E-state index contributed by atoms with van der Waals surface area (Å²) in [5, 5.41) is 9.24. The van der Waals surface area contributed by atoms with Gasteiger partial charge in [-0.25, -0.2) is 4.79 Å². The van der Waals surface area contributed by atoms with Crippen LogP contribution in [0.25, 0.3) is 11.1 Å². The number of aromatic carboxylic acids is 1. The smallest absolute Gasteiger partial charge is 0.336 e. The molecule has 3 nitrogen and oxygen atoms in total. The summed E-state index contributed by atoms with van der Waals surface area (Å²) in [6.45, 7) is 1.48. The molecule has 0 saturated carbocycles. The van der Waals surface area contributed by atoms with Gasteiger partial charge in [0.1, 0.15) is 0 Å². The Labute approximate surface area is 119 Å². The van der Waals surface area contributed by atoms with Gasteiger partial charge in [-0.2, -0.15) is 0 Å². The van der Waals surface area contributed by atoms with Gasteiger partial charge in [0, 0.05) is 10.0 Å². The number of ketones is 1. The van der Waals surface area contributed by atoms with E-state index in [4.69, 9.17) is 0 Å². The number of carbonyl (C=O) groups is 2. The van der Waals surface area contributed by atoms with E-state index in [9.17, 15) is 14.7 Å². The van der Waals surface area contributed by atoms with Crippen molar-refractivity contribution >= 4 is 27.7 Å². The maximum absolute atomic E-state index is 11.4. The largest absolute Gasteiger partial charge is 0.478 e. The van der Waals surface area contributed by atoms with Gasteiger partial charge in [0.15, 0.2) is 5.78 Å². The third-order valence-electron chi connectivity index (χ3n) is 2.79. The number of carboxylic acid groups (broad SMARTS) is 1. The van der Waals surface area contributed by atoms with Crippen molar-refractivity contribution in [2.45, 2.75) is 6.92 Å². The third-order valence-corrected chi connectivity index (χ3v) is 3.29. The van der Waals surface area contributed by atoms with Gasteiger partial charge in [0.2, 0.25) is 0 Å². The molecule has 0 spiro atoms. The number of halogens is 1. The number of carbonyl (C=O) groups excluding carboxylic acids is 1. The minimum atomic E-state index is -0.996. The van der Waals surface area contributed by atoms with Gasteiger partial charge in [-0.3, -0.25) is 4.79 Å². The van der Waals surface area contributed by atoms with E-state index in [1.807, 2.05) is 0 Å². The molecule has 0 aliphatic rings. The maximum Gasteiger partial charge on any atom is 0.336 e. The molecule has 0 unspecified atom stereocenters. The van der Waals surface area contributed by atoms with Crippen molar-refractivity contribution in [1.82, 2.24) is 0 Å². The molecule has 2 aromatic rings. The summed E-state index contributed by atoms with van der Waals surface area (Å²) in [5.74, 6) is -1.04.